The van der Waals surface area contributed by atoms with Crippen molar-refractivity contribution in [2.45, 2.75) is 19.8 Å². The maximum Gasteiger partial charge on any atom is 0.274 e. The summed E-state index contributed by atoms with van der Waals surface area (Å²) in [5.74, 6) is 0.708. The van der Waals surface area contributed by atoms with Crippen molar-refractivity contribution in [1.29, 1.82) is 0 Å². The van der Waals surface area contributed by atoms with E-state index in [0.29, 0.717) is 22.4 Å². The van der Waals surface area contributed by atoms with Crippen LogP contribution in [0.1, 0.15) is 30.3 Å². The molecule has 1 N–H and O–H groups in total. The molecule has 0 atom stereocenters. The third-order valence-corrected chi connectivity index (χ3v) is 3.71. The molecule has 1 heterocycles. The van der Waals surface area contributed by atoms with Crippen LogP contribution in [0, 0.1) is 0 Å². The summed E-state index contributed by atoms with van der Waals surface area (Å²) in [5, 5.41) is 3.28. The van der Waals surface area contributed by atoms with Gasteiger partial charge in [-0.3, -0.25) is 4.79 Å². The Kier molecular flexibility index (Phi) is 6.37. The number of carbonyl (C=O) groups is 1. The van der Waals surface area contributed by atoms with Gasteiger partial charge in [-0.15, -0.1) is 0 Å². The fourth-order valence-electron chi connectivity index (χ4n) is 2.12. The number of unbranched alkanes of at least 4 members (excludes halogenated alkanes) is 1. The Balaban J connectivity index is 2.17. The number of methoxy groups -OCH3 is 1. The van der Waals surface area contributed by atoms with Gasteiger partial charge in [0.1, 0.15) is 11.4 Å². The second kappa shape index (κ2) is 8.49. The molecule has 0 radical (unpaired) electrons. The molecule has 1 amide bonds. The zero-order valence-corrected chi connectivity index (χ0v) is 14.8. The molecule has 0 unspecified atom stereocenters. The van der Waals surface area contributed by atoms with E-state index in [0.717, 1.165) is 19.4 Å². The van der Waals surface area contributed by atoms with E-state index in [9.17, 15) is 4.79 Å². The predicted molar refractivity (Wildman–Crippen MR) is 96.2 cm³/mol. The Labute approximate surface area is 146 Å². The molecule has 2 rings (SSSR count). The molecule has 24 heavy (non-hydrogen) atoms. The number of aromatic nitrogens is 2. The number of rotatable bonds is 7. The lowest BCUT2D eigenvalue weighted by molar-refractivity contribution is 0.102. The average molecular weight is 349 g/mol. The Morgan fingerprint density at radius 2 is 2.17 bits per heavy atom. The van der Waals surface area contributed by atoms with Crippen LogP contribution in [0.15, 0.2) is 30.5 Å². The van der Waals surface area contributed by atoms with Crippen molar-refractivity contribution in [2.75, 3.05) is 30.9 Å². The fraction of sp³-hybridized carbons (Fsp3) is 0.353. The first-order valence-electron chi connectivity index (χ1n) is 7.74. The SMILES string of the molecule is CCCCN(C)c1nccc(C(=O)Nc2cc(Cl)ccc2OC)n1. The zero-order chi connectivity index (χ0) is 17.5. The number of amides is 1. The van der Waals surface area contributed by atoms with Crippen LogP contribution in [0.3, 0.4) is 0 Å². The van der Waals surface area contributed by atoms with Crippen molar-refractivity contribution in [3.8, 4) is 5.75 Å². The Morgan fingerprint density at radius 3 is 2.88 bits per heavy atom. The Bertz CT molecular complexity index is 709. The zero-order valence-electron chi connectivity index (χ0n) is 14.0. The Hall–Kier alpha value is -2.34. The topological polar surface area (TPSA) is 67.4 Å². The predicted octanol–water partition coefficient (Wildman–Crippen LogP) is 3.63. The molecule has 0 saturated heterocycles. The van der Waals surface area contributed by atoms with E-state index in [1.165, 1.54) is 7.11 Å². The van der Waals surface area contributed by atoms with Crippen LogP contribution in [-0.2, 0) is 0 Å². The van der Waals surface area contributed by atoms with Gasteiger partial charge >= 0.3 is 0 Å². The van der Waals surface area contributed by atoms with Crippen molar-refractivity contribution < 1.29 is 9.53 Å². The number of carbonyl (C=O) groups excluding carboxylic acids is 1. The molecule has 128 valence electrons. The lowest BCUT2D eigenvalue weighted by atomic mass is 10.2. The summed E-state index contributed by atoms with van der Waals surface area (Å²) in [6.45, 7) is 2.96. The standard InChI is InChI=1S/C17H21ClN4O2/c1-4-5-10-22(2)17-19-9-8-13(21-17)16(23)20-14-11-12(18)6-7-15(14)24-3/h6-9,11H,4-5,10H2,1-3H3,(H,20,23). The van der Waals surface area contributed by atoms with E-state index in [-0.39, 0.29) is 11.6 Å². The molecule has 0 bridgehead atoms. The van der Waals surface area contributed by atoms with Crippen LogP contribution in [0.5, 0.6) is 5.75 Å². The van der Waals surface area contributed by atoms with Gasteiger partial charge in [-0.1, -0.05) is 24.9 Å². The van der Waals surface area contributed by atoms with Gasteiger partial charge in [0.05, 0.1) is 12.8 Å². The van der Waals surface area contributed by atoms with Crippen molar-refractivity contribution in [3.05, 3.63) is 41.2 Å². The minimum Gasteiger partial charge on any atom is -0.495 e. The van der Waals surface area contributed by atoms with E-state index in [1.54, 1.807) is 30.5 Å². The molecule has 0 aliphatic rings. The minimum absolute atomic E-state index is 0.283. The number of benzene rings is 1. The lowest BCUT2D eigenvalue weighted by Gasteiger charge is -2.17. The van der Waals surface area contributed by atoms with Gasteiger partial charge in [0, 0.05) is 24.8 Å². The number of halogens is 1. The molecule has 1 aromatic heterocycles. The van der Waals surface area contributed by atoms with Gasteiger partial charge in [-0.2, -0.15) is 0 Å². The second-order valence-corrected chi connectivity index (χ2v) is 5.75. The average Bonchev–Trinajstić information content (AvgIpc) is 2.60. The van der Waals surface area contributed by atoms with Gasteiger partial charge in [0.25, 0.3) is 5.91 Å². The molecule has 1 aromatic carbocycles. The number of ether oxygens (including phenoxy) is 1. The molecule has 2 aromatic rings. The van der Waals surface area contributed by atoms with Crippen molar-refractivity contribution in [1.82, 2.24) is 9.97 Å². The highest BCUT2D eigenvalue weighted by Gasteiger charge is 2.14. The number of nitrogens with zero attached hydrogens (tertiary/aromatic N) is 3. The largest absolute Gasteiger partial charge is 0.495 e. The normalized spacial score (nSPS) is 10.3. The van der Waals surface area contributed by atoms with Gasteiger partial charge in [-0.25, -0.2) is 9.97 Å². The number of hydrogen-bond acceptors (Lipinski definition) is 5. The van der Waals surface area contributed by atoms with Crippen LogP contribution in [0.2, 0.25) is 5.02 Å². The lowest BCUT2D eigenvalue weighted by Crippen LogP contribution is -2.23. The molecule has 6 nitrogen and oxygen atoms in total. The summed E-state index contributed by atoms with van der Waals surface area (Å²) >= 11 is 5.98. The van der Waals surface area contributed by atoms with Crippen molar-refractivity contribution >= 4 is 29.1 Å². The maximum atomic E-state index is 12.5. The summed E-state index contributed by atoms with van der Waals surface area (Å²) in [5.41, 5.74) is 0.778. The molecule has 0 saturated carbocycles. The van der Waals surface area contributed by atoms with Crippen LogP contribution >= 0.6 is 11.6 Å². The first kappa shape index (κ1) is 18.0. The van der Waals surface area contributed by atoms with E-state index >= 15 is 0 Å². The third kappa shape index (κ3) is 4.58. The van der Waals surface area contributed by atoms with Crippen molar-refractivity contribution in [3.63, 3.8) is 0 Å². The molecule has 0 aliphatic heterocycles. The molecular weight excluding hydrogens is 328 g/mol. The Morgan fingerprint density at radius 1 is 1.38 bits per heavy atom. The minimum atomic E-state index is -0.344. The van der Waals surface area contributed by atoms with E-state index in [1.807, 2.05) is 11.9 Å². The first-order valence-corrected chi connectivity index (χ1v) is 8.12. The van der Waals surface area contributed by atoms with Crippen molar-refractivity contribution in [2.24, 2.45) is 0 Å². The van der Waals surface area contributed by atoms with Gasteiger partial charge in [0.15, 0.2) is 0 Å². The summed E-state index contributed by atoms with van der Waals surface area (Å²) in [7, 11) is 3.44. The van der Waals surface area contributed by atoms with Gasteiger partial charge in [-0.05, 0) is 30.7 Å². The van der Waals surface area contributed by atoms with Crippen LogP contribution in [0.25, 0.3) is 0 Å². The summed E-state index contributed by atoms with van der Waals surface area (Å²) < 4.78 is 5.23. The highest BCUT2D eigenvalue weighted by molar-refractivity contribution is 6.31. The highest BCUT2D eigenvalue weighted by Crippen LogP contribution is 2.28. The third-order valence-electron chi connectivity index (χ3n) is 3.47. The van der Waals surface area contributed by atoms with Crippen LogP contribution in [0.4, 0.5) is 11.6 Å². The monoisotopic (exact) mass is 348 g/mol. The molecule has 0 fully saturated rings. The molecule has 0 aliphatic carbocycles. The highest BCUT2D eigenvalue weighted by atomic mass is 35.5. The summed E-state index contributed by atoms with van der Waals surface area (Å²) in [4.78, 5) is 22.9. The van der Waals surface area contributed by atoms with Crippen LogP contribution < -0.4 is 15.0 Å². The first-order chi connectivity index (χ1) is 11.5. The van der Waals surface area contributed by atoms with Gasteiger partial charge in [0.2, 0.25) is 5.95 Å². The molecular formula is C17H21ClN4O2. The summed E-state index contributed by atoms with van der Waals surface area (Å²) in [6.07, 6.45) is 3.70. The van der Waals surface area contributed by atoms with Gasteiger partial charge < -0.3 is 15.0 Å². The van der Waals surface area contributed by atoms with E-state index in [4.69, 9.17) is 16.3 Å². The quantitative estimate of drug-likeness (QED) is 0.827. The molecule has 7 heteroatoms. The van der Waals surface area contributed by atoms with Crippen LogP contribution in [-0.4, -0.2) is 36.6 Å². The van der Waals surface area contributed by atoms with E-state index in [2.05, 4.69) is 22.2 Å². The number of hydrogen-bond donors (Lipinski definition) is 1. The number of anilines is 2. The number of nitrogens with one attached hydrogen (secondary N) is 1. The summed E-state index contributed by atoms with van der Waals surface area (Å²) in [6, 6.07) is 6.60. The molecule has 0 spiro atoms. The second-order valence-electron chi connectivity index (χ2n) is 5.32. The van der Waals surface area contributed by atoms with E-state index < -0.39 is 0 Å². The smallest absolute Gasteiger partial charge is 0.274 e. The fourth-order valence-corrected chi connectivity index (χ4v) is 2.29. The maximum absolute atomic E-state index is 12.5.